The highest BCUT2D eigenvalue weighted by Gasteiger charge is 2.28. The Morgan fingerprint density at radius 2 is 2.10 bits per heavy atom. The van der Waals surface area contributed by atoms with Crippen molar-refractivity contribution in [1.29, 1.82) is 0 Å². The molecule has 0 saturated carbocycles. The number of aliphatic carboxylic acids is 1. The van der Waals surface area contributed by atoms with E-state index in [1.54, 1.807) is 6.20 Å². The van der Waals surface area contributed by atoms with Crippen LogP contribution < -0.4 is 5.32 Å². The molecule has 2 rings (SSSR count). The van der Waals surface area contributed by atoms with Crippen molar-refractivity contribution in [3.63, 3.8) is 0 Å². The Morgan fingerprint density at radius 1 is 1.35 bits per heavy atom. The van der Waals surface area contributed by atoms with Gasteiger partial charge in [-0.1, -0.05) is 24.3 Å². The van der Waals surface area contributed by atoms with Gasteiger partial charge in [0.25, 0.3) is 0 Å². The number of pyridine rings is 1. The normalized spacial score (nSPS) is 14.1. The Kier molecular flexibility index (Phi) is 4.32. The number of aliphatic hydroxyl groups is 1. The van der Waals surface area contributed by atoms with Crippen LogP contribution in [0.1, 0.15) is 12.5 Å². The number of fused-ring (bicyclic) bond motifs is 1. The van der Waals surface area contributed by atoms with Gasteiger partial charge in [0.15, 0.2) is 5.60 Å². The summed E-state index contributed by atoms with van der Waals surface area (Å²) in [4.78, 5) is 15.1. The molecule has 1 unspecified atom stereocenters. The average molecular weight is 274 g/mol. The van der Waals surface area contributed by atoms with Crippen molar-refractivity contribution in [3.8, 4) is 0 Å². The zero-order chi connectivity index (χ0) is 14.6. The van der Waals surface area contributed by atoms with Gasteiger partial charge in [0, 0.05) is 18.1 Å². The van der Waals surface area contributed by atoms with Crippen LogP contribution >= 0.6 is 0 Å². The van der Waals surface area contributed by atoms with E-state index in [2.05, 4.69) is 10.3 Å². The predicted molar refractivity (Wildman–Crippen MR) is 76.6 cm³/mol. The monoisotopic (exact) mass is 274 g/mol. The first kappa shape index (κ1) is 14.4. The Labute approximate surface area is 117 Å². The number of hydrogen-bond acceptors (Lipinski definition) is 4. The van der Waals surface area contributed by atoms with Crippen LogP contribution in [0.25, 0.3) is 10.9 Å². The van der Waals surface area contributed by atoms with E-state index in [1.165, 1.54) is 6.92 Å². The first-order valence-electron chi connectivity index (χ1n) is 6.50. The van der Waals surface area contributed by atoms with Crippen molar-refractivity contribution < 1.29 is 15.0 Å². The highest BCUT2D eigenvalue weighted by molar-refractivity contribution is 5.81. The van der Waals surface area contributed by atoms with Gasteiger partial charge < -0.3 is 15.5 Å². The third-order valence-electron chi connectivity index (χ3n) is 3.22. The van der Waals surface area contributed by atoms with Crippen LogP contribution in [0.3, 0.4) is 0 Å². The van der Waals surface area contributed by atoms with Crippen LogP contribution in [0.4, 0.5) is 0 Å². The molecule has 5 heteroatoms. The number of aromatic nitrogens is 1. The lowest BCUT2D eigenvalue weighted by atomic mass is 10.1. The minimum Gasteiger partial charge on any atom is -0.479 e. The summed E-state index contributed by atoms with van der Waals surface area (Å²) in [6, 6.07) is 9.90. The van der Waals surface area contributed by atoms with Crippen molar-refractivity contribution in [2.75, 3.05) is 13.1 Å². The molecule has 0 fully saturated rings. The smallest absolute Gasteiger partial charge is 0.336 e. The summed E-state index contributed by atoms with van der Waals surface area (Å²) in [6.45, 7) is 1.88. The summed E-state index contributed by atoms with van der Waals surface area (Å²) in [5, 5.41) is 22.4. The molecule has 2 aromatic rings. The first-order chi connectivity index (χ1) is 9.50. The average Bonchev–Trinajstić information content (AvgIpc) is 2.43. The fourth-order valence-corrected chi connectivity index (χ4v) is 2.00. The number of nitrogens with one attached hydrogen (secondary N) is 1. The van der Waals surface area contributed by atoms with Crippen molar-refractivity contribution in [1.82, 2.24) is 10.3 Å². The number of carbonyl (C=O) groups is 1. The van der Waals surface area contributed by atoms with E-state index in [4.69, 9.17) is 5.11 Å². The standard InChI is InChI=1S/C15H18N2O3/c1-15(20,14(18)19)10-16-9-7-12-5-2-4-11-6-3-8-17-13(11)12/h2-6,8,16,20H,7,9-10H2,1H3,(H,18,19). The zero-order valence-corrected chi connectivity index (χ0v) is 11.3. The molecule has 106 valence electrons. The Bertz CT molecular complexity index is 606. The molecular formula is C15H18N2O3. The molecule has 1 atom stereocenters. The zero-order valence-electron chi connectivity index (χ0n) is 11.3. The van der Waals surface area contributed by atoms with E-state index in [-0.39, 0.29) is 6.54 Å². The molecule has 0 aliphatic carbocycles. The van der Waals surface area contributed by atoms with Crippen LogP contribution in [0.2, 0.25) is 0 Å². The highest BCUT2D eigenvalue weighted by Crippen LogP contribution is 2.16. The lowest BCUT2D eigenvalue weighted by Gasteiger charge is -2.18. The van der Waals surface area contributed by atoms with Gasteiger partial charge in [-0.25, -0.2) is 4.79 Å². The molecule has 0 spiro atoms. The maximum atomic E-state index is 10.8. The summed E-state index contributed by atoms with van der Waals surface area (Å²) in [6.07, 6.45) is 2.48. The van der Waals surface area contributed by atoms with Gasteiger partial charge in [0.1, 0.15) is 0 Å². The van der Waals surface area contributed by atoms with Crippen molar-refractivity contribution in [2.24, 2.45) is 0 Å². The maximum Gasteiger partial charge on any atom is 0.336 e. The fourth-order valence-electron chi connectivity index (χ4n) is 2.00. The molecular weight excluding hydrogens is 256 g/mol. The number of carboxylic acid groups (broad SMARTS) is 1. The van der Waals surface area contributed by atoms with Gasteiger partial charge in [0.05, 0.1) is 5.52 Å². The van der Waals surface area contributed by atoms with Gasteiger partial charge in [-0.2, -0.15) is 0 Å². The molecule has 0 saturated heterocycles. The summed E-state index contributed by atoms with van der Waals surface area (Å²) >= 11 is 0. The SMILES string of the molecule is CC(O)(CNCCc1cccc2cccnc12)C(=O)O. The van der Waals surface area contributed by atoms with Crippen molar-refractivity contribution >= 4 is 16.9 Å². The van der Waals surface area contributed by atoms with E-state index >= 15 is 0 Å². The van der Waals surface area contributed by atoms with E-state index in [1.807, 2.05) is 30.3 Å². The van der Waals surface area contributed by atoms with Crippen molar-refractivity contribution in [3.05, 3.63) is 42.1 Å². The second kappa shape index (κ2) is 5.98. The topological polar surface area (TPSA) is 82.5 Å². The molecule has 1 heterocycles. The fraction of sp³-hybridized carbons (Fsp3) is 0.333. The summed E-state index contributed by atoms with van der Waals surface area (Å²) < 4.78 is 0. The Morgan fingerprint density at radius 3 is 2.85 bits per heavy atom. The number of benzene rings is 1. The molecule has 0 aliphatic heterocycles. The van der Waals surface area contributed by atoms with Crippen LogP contribution in [-0.4, -0.2) is 39.9 Å². The molecule has 5 nitrogen and oxygen atoms in total. The second-order valence-electron chi connectivity index (χ2n) is 5.00. The number of rotatable bonds is 6. The number of nitrogens with zero attached hydrogens (tertiary/aromatic N) is 1. The molecule has 1 aromatic carbocycles. The minimum absolute atomic E-state index is 0.0144. The molecule has 0 radical (unpaired) electrons. The van der Waals surface area contributed by atoms with E-state index in [0.717, 1.165) is 22.9 Å². The second-order valence-corrected chi connectivity index (χ2v) is 5.00. The van der Waals surface area contributed by atoms with Crippen LogP contribution in [0, 0.1) is 0 Å². The minimum atomic E-state index is -1.74. The van der Waals surface area contributed by atoms with Gasteiger partial charge in [-0.05, 0) is 31.5 Å². The van der Waals surface area contributed by atoms with Gasteiger partial charge in [-0.15, -0.1) is 0 Å². The van der Waals surface area contributed by atoms with E-state index < -0.39 is 11.6 Å². The quantitative estimate of drug-likeness (QED) is 0.690. The number of hydrogen-bond donors (Lipinski definition) is 3. The third kappa shape index (κ3) is 3.31. The summed E-state index contributed by atoms with van der Waals surface area (Å²) in [7, 11) is 0. The van der Waals surface area contributed by atoms with Crippen LogP contribution in [-0.2, 0) is 11.2 Å². The molecule has 3 N–H and O–H groups in total. The van der Waals surface area contributed by atoms with Crippen LogP contribution in [0.5, 0.6) is 0 Å². The lowest BCUT2D eigenvalue weighted by Crippen LogP contribution is -2.45. The number of para-hydroxylation sites is 1. The van der Waals surface area contributed by atoms with Gasteiger partial charge >= 0.3 is 5.97 Å². The molecule has 20 heavy (non-hydrogen) atoms. The third-order valence-corrected chi connectivity index (χ3v) is 3.22. The largest absolute Gasteiger partial charge is 0.479 e. The molecule has 0 aliphatic rings. The first-order valence-corrected chi connectivity index (χ1v) is 6.50. The van der Waals surface area contributed by atoms with Gasteiger partial charge in [-0.3, -0.25) is 4.98 Å². The number of carboxylic acids is 1. The molecule has 0 bridgehead atoms. The Hall–Kier alpha value is -1.98. The molecule has 1 aromatic heterocycles. The maximum absolute atomic E-state index is 10.8. The van der Waals surface area contributed by atoms with Crippen molar-refractivity contribution in [2.45, 2.75) is 18.9 Å². The summed E-state index contributed by atoms with van der Waals surface area (Å²) in [5.41, 5.74) is 0.323. The molecule has 0 amide bonds. The Balaban J connectivity index is 1.95. The predicted octanol–water partition coefficient (Wildman–Crippen LogP) is 1.20. The lowest BCUT2D eigenvalue weighted by molar-refractivity contribution is -0.156. The highest BCUT2D eigenvalue weighted by atomic mass is 16.4. The van der Waals surface area contributed by atoms with E-state index in [9.17, 15) is 9.90 Å². The van der Waals surface area contributed by atoms with Gasteiger partial charge in [0.2, 0.25) is 0 Å². The van der Waals surface area contributed by atoms with E-state index in [0.29, 0.717) is 6.54 Å². The van der Waals surface area contributed by atoms with Crippen LogP contribution in [0.15, 0.2) is 36.5 Å². The summed E-state index contributed by atoms with van der Waals surface area (Å²) in [5.74, 6) is -1.23.